The molecule has 82 valence electrons. The minimum atomic E-state index is 0.411. The lowest BCUT2D eigenvalue weighted by Crippen LogP contribution is -1.95. The summed E-state index contributed by atoms with van der Waals surface area (Å²) in [7, 11) is 0. The Morgan fingerprint density at radius 2 is 2.20 bits per heavy atom. The van der Waals surface area contributed by atoms with E-state index >= 15 is 0 Å². The molecule has 1 aliphatic carbocycles. The van der Waals surface area contributed by atoms with E-state index in [0.29, 0.717) is 5.92 Å². The first-order valence-electron chi connectivity index (χ1n) is 5.69. The van der Waals surface area contributed by atoms with Crippen molar-refractivity contribution in [3.8, 4) is 0 Å². The summed E-state index contributed by atoms with van der Waals surface area (Å²) in [5.41, 5.74) is 1.05. The molecule has 0 aliphatic heterocycles. The largest absolute Gasteiger partial charge is 0.361 e. The van der Waals surface area contributed by atoms with Crippen LogP contribution in [0.4, 0.5) is 0 Å². The summed E-state index contributed by atoms with van der Waals surface area (Å²) in [6, 6.07) is 2.05. The van der Waals surface area contributed by atoms with Gasteiger partial charge in [-0.15, -0.1) is 0 Å². The van der Waals surface area contributed by atoms with Gasteiger partial charge in [0.25, 0.3) is 0 Å². The van der Waals surface area contributed by atoms with Crippen LogP contribution < -0.4 is 0 Å². The van der Waals surface area contributed by atoms with Gasteiger partial charge in [0.05, 0.1) is 5.69 Å². The third-order valence-electron chi connectivity index (χ3n) is 2.29. The molecule has 0 bridgehead atoms. The molecule has 15 heavy (non-hydrogen) atoms. The van der Waals surface area contributed by atoms with Gasteiger partial charge in [-0.1, -0.05) is 50.2 Å². The Hall–Kier alpha value is -1.31. The Morgan fingerprint density at radius 1 is 1.40 bits per heavy atom. The van der Waals surface area contributed by atoms with Gasteiger partial charge in [-0.3, -0.25) is 0 Å². The third-order valence-corrected chi connectivity index (χ3v) is 2.29. The molecular weight excluding hydrogens is 186 g/mol. The first-order chi connectivity index (χ1) is 7.40. The highest BCUT2D eigenvalue weighted by Gasteiger charge is 2.12. The van der Waals surface area contributed by atoms with Crippen molar-refractivity contribution in [2.24, 2.45) is 0 Å². The van der Waals surface area contributed by atoms with Crippen LogP contribution in [0.15, 0.2) is 34.9 Å². The fraction of sp³-hybridized carbons (Fsp3) is 0.462. The molecule has 0 radical (unpaired) electrons. The second-order valence-corrected chi connectivity index (χ2v) is 3.23. The average molecular weight is 205 g/mol. The van der Waals surface area contributed by atoms with E-state index in [-0.39, 0.29) is 0 Å². The van der Waals surface area contributed by atoms with Gasteiger partial charge in [0, 0.05) is 18.4 Å². The lowest BCUT2D eigenvalue weighted by Gasteiger charge is -2.07. The van der Waals surface area contributed by atoms with Crippen LogP contribution in [-0.2, 0) is 6.42 Å². The summed E-state index contributed by atoms with van der Waals surface area (Å²) in [5, 5.41) is 4.05. The normalized spacial score (nSPS) is 18.5. The van der Waals surface area contributed by atoms with E-state index in [1.54, 1.807) is 0 Å². The lowest BCUT2D eigenvalue weighted by molar-refractivity contribution is 0.378. The summed E-state index contributed by atoms with van der Waals surface area (Å²) in [6.07, 6.45) is 10.4. The minimum absolute atomic E-state index is 0.411. The second-order valence-electron chi connectivity index (χ2n) is 3.23. The maximum atomic E-state index is 5.16. The molecule has 2 rings (SSSR count). The number of aryl methyl sites for hydroxylation is 1. The summed E-state index contributed by atoms with van der Waals surface area (Å²) < 4.78 is 5.16. The van der Waals surface area contributed by atoms with E-state index in [0.717, 1.165) is 24.3 Å². The molecule has 1 atom stereocenters. The molecule has 2 heteroatoms. The van der Waals surface area contributed by atoms with E-state index in [1.165, 1.54) is 0 Å². The zero-order valence-electron chi connectivity index (χ0n) is 9.73. The fourth-order valence-electron chi connectivity index (χ4n) is 1.47. The van der Waals surface area contributed by atoms with E-state index in [4.69, 9.17) is 4.52 Å². The quantitative estimate of drug-likeness (QED) is 0.732. The number of rotatable bonds is 2. The first-order valence-corrected chi connectivity index (χ1v) is 5.69. The molecule has 2 nitrogen and oxygen atoms in total. The summed E-state index contributed by atoms with van der Waals surface area (Å²) in [4.78, 5) is 0. The van der Waals surface area contributed by atoms with Crippen LogP contribution in [-0.4, -0.2) is 5.16 Å². The summed E-state index contributed by atoms with van der Waals surface area (Å²) in [5.74, 6) is 1.38. The van der Waals surface area contributed by atoms with Crippen molar-refractivity contribution >= 4 is 0 Å². The van der Waals surface area contributed by atoms with Crippen molar-refractivity contribution in [2.75, 3.05) is 0 Å². The predicted octanol–water partition coefficient (Wildman–Crippen LogP) is 3.86. The zero-order chi connectivity index (χ0) is 11.1. The molecule has 1 aliphatic rings. The monoisotopic (exact) mass is 205 g/mol. The van der Waals surface area contributed by atoms with Gasteiger partial charge >= 0.3 is 0 Å². The highest BCUT2D eigenvalue weighted by molar-refractivity contribution is 5.23. The zero-order valence-corrected chi connectivity index (χ0v) is 9.73. The van der Waals surface area contributed by atoms with Gasteiger partial charge in [-0.2, -0.15) is 0 Å². The standard InChI is InChI=1S/C11H13NO.C2H6/c1-2-10-8-11(12-13-10)9-6-4-3-5-7-9;1-2/h3-6,8-9H,2,7H2,1H3;1-2H3. The molecule has 0 fully saturated rings. The topological polar surface area (TPSA) is 26.0 Å². The molecule has 1 unspecified atom stereocenters. The number of nitrogens with zero attached hydrogens (tertiary/aromatic N) is 1. The maximum Gasteiger partial charge on any atom is 0.136 e. The van der Waals surface area contributed by atoms with Gasteiger partial charge in [0.2, 0.25) is 0 Å². The Morgan fingerprint density at radius 3 is 2.73 bits per heavy atom. The Balaban J connectivity index is 0.000000531. The van der Waals surface area contributed by atoms with E-state index in [9.17, 15) is 0 Å². The van der Waals surface area contributed by atoms with Crippen molar-refractivity contribution in [1.82, 2.24) is 5.16 Å². The highest BCUT2D eigenvalue weighted by Crippen LogP contribution is 2.23. The molecule has 0 saturated heterocycles. The van der Waals surface area contributed by atoms with Crippen LogP contribution in [0.3, 0.4) is 0 Å². The van der Waals surface area contributed by atoms with Crippen LogP contribution in [0, 0.1) is 0 Å². The smallest absolute Gasteiger partial charge is 0.136 e. The average Bonchev–Trinajstić information content (AvgIpc) is 2.81. The molecular formula is C13H19NO. The van der Waals surface area contributed by atoms with Crippen molar-refractivity contribution in [1.29, 1.82) is 0 Å². The second kappa shape index (κ2) is 6.23. The number of allylic oxidation sites excluding steroid dienone is 4. The Bertz CT molecular complexity index is 336. The van der Waals surface area contributed by atoms with Crippen LogP contribution in [0.2, 0.25) is 0 Å². The first kappa shape index (κ1) is 11.8. The van der Waals surface area contributed by atoms with E-state index in [2.05, 4.69) is 36.4 Å². The molecule has 0 N–H and O–H groups in total. The van der Waals surface area contributed by atoms with Gasteiger partial charge in [-0.05, 0) is 6.42 Å². The molecule has 0 aromatic carbocycles. The molecule has 0 spiro atoms. The number of aromatic nitrogens is 1. The molecule has 1 aromatic rings. The Labute approximate surface area is 91.7 Å². The fourth-order valence-corrected chi connectivity index (χ4v) is 1.47. The van der Waals surface area contributed by atoms with Gasteiger partial charge in [0.1, 0.15) is 5.76 Å². The SMILES string of the molecule is CC.CCc1cc(C2C=CC=CC2)no1. The highest BCUT2D eigenvalue weighted by atomic mass is 16.5. The van der Waals surface area contributed by atoms with Gasteiger partial charge in [0.15, 0.2) is 0 Å². The molecule has 0 amide bonds. The third kappa shape index (κ3) is 3.08. The number of hydrogen-bond acceptors (Lipinski definition) is 2. The van der Waals surface area contributed by atoms with Gasteiger partial charge < -0.3 is 4.52 Å². The van der Waals surface area contributed by atoms with Gasteiger partial charge in [-0.25, -0.2) is 0 Å². The number of hydrogen-bond donors (Lipinski definition) is 0. The van der Waals surface area contributed by atoms with Crippen molar-refractivity contribution in [2.45, 2.75) is 39.5 Å². The lowest BCUT2D eigenvalue weighted by atomic mass is 9.97. The molecule has 1 aromatic heterocycles. The van der Waals surface area contributed by atoms with Crippen molar-refractivity contribution in [3.63, 3.8) is 0 Å². The van der Waals surface area contributed by atoms with E-state index in [1.807, 2.05) is 19.9 Å². The Kier molecular flexibility index (Phi) is 4.88. The van der Waals surface area contributed by atoms with Crippen LogP contribution in [0.5, 0.6) is 0 Å². The van der Waals surface area contributed by atoms with Crippen LogP contribution in [0.25, 0.3) is 0 Å². The van der Waals surface area contributed by atoms with Crippen LogP contribution >= 0.6 is 0 Å². The summed E-state index contributed by atoms with van der Waals surface area (Å²) >= 11 is 0. The van der Waals surface area contributed by atoms with Crippen LogP contribution in [0.1, 0.15) is 44.6 Å². The minimum Gasteiger partial charge on any atom is -0.361 e. The summed E-state index contributed by atoms with van der Waals surface area (Å²) in [6.45, 7) is 6.07. The van der Waals surface area contributed by atoms with Crippen molar-refractivity contribution < 1.29 is 4.52 Å². The molecule has 0 saturated carbocycles. The van der Waals surface area contributed by atoms with Crippen molar-refractivity contribution in [3.05, 3.63) is 41.8 Å². The predicted molar refractivity (Wildman–Crippen MR) is 62.9 cm³/mol. The van der Waals surface area contributed by atoms with E-state index < -0.39 is 0 Å². The maximum absolute atomic E-state index is 5.16. The molecule has 1 heterocycles.